The molecule has 162 valence electrons. The Morgan fingerprint density at radius 3 is 1.58 bits per heavy atom. The lowest BCUT2D eigenvalue weighted by Crippen LogP contribution is -2.15. The number of rotatable bonds is 3. The Balaban J connectivity index is 1.95. The van der Waals surface area contributed by atoms with E-state index in [1.165, 1.54) is 12.1 Å². The van der Waals surface area contributed by atoms with Crippen molar-refractivity contribution in [3.8, 4) is 5.75 Å². The van der Waals surface area contributed by atoms with E-state index in [1.807, 2.05) is 0 Å². The summed E-state index contributed by atoms with van der Waals surface area (Å²) < 4.78 is -0.294. The van der Waals surface area contributed by atoms with Crippen LogP contribution in [0, 0.1) is 20.2 Å². The zero-order valence-corrected chi connectivity index (χ0v) is 17.5. The van der Waals surface area contributed by atoms with Crippen LogP contribution < -0.4 is 26.6 Å². The van der Waals surface area contributed by atoms with Crippen molar-refractivity contribution in [2.45, 2.75) is 0 Å². The van der Waals surface area contributed by atoms with Gasteiger partial charge in [-0.3, -0.25) is 34.1 Å². The van der Waals surface area contributed by atoms with Gasteiger partial charge in [0.05, 0.1) is 23.7 Å². The van der Waals surface area contributed by atoms with Gasteiger partial charge in [0.1, 0.15) is 5.75 Å². The molecule has 5 rings (SSSR count). The van der Waals surface area contributed by atoms with Crippen molar-refractivity contribution in [1.29, 1.82) is 0 Å². The molecule has 33 heavy (non-hydrogen) atoms. The highest BCUT2D eigenvalue weighted by atomic mass is 32.1. The fourth-order valence-corrected chi connectivity index (χ4v) is 6.02. The molecule has 4 aromatic carbocycles. The molecule has 0 bridgehead atoms. The van der Waals surface area contributed by atoms with Crippen molar-refractivity contribution in [1.82, 2.24) is 0 Å². The summed E-state index contributed by atoms with van der Waals surface area (Å²) in [5, 5.41) is 20.3. The van der Waals surface area contributed by atoms with Gasteiger partial charge < -0.3 is 0 Å². The second-order valence-electron chi connectivity index (χ2n) is 6.85. The number of hydrogen-bond acceptors (Lipinski definition) is 11. The van der Waals surface area contributed by atoms with Gasteiger partial charge in [0.2, 0.25) is 21.7 Å². The van der Waals surface area contributed by atoms with Crippen molar-refractivity contribution in [3.05, 3.63) is 97.5 Å². The number of fused-ring (bicyclic) bond motifs is 4. The Kier molecular flexibility index (Phi) is 4.41. The number of nitrogens with zero attached hydrogens (tertiary/aromatic N) is 2. The summed E-state index contributed by atoms with van der Waals surface area (Å²) in [6, 6.07) is 6.72. The lowest BCUT2D eigenvalue weighted by molar-refractivity contribution is -0.711. The average Bonchev–Trinajstić information content (AvgIpc) is 2.79. The van der Waals surface area contributed by atoms with Crippen LogP contribution in [0.5, 0.6) is 5.75 Å². The summed E-state index contributed by atoms with van der Waals surface area (Å²) >= 11 is 1.34. The molecular weight excluding hydrogens is 476 g/mol. The number of nitro groups is 1. The SMILES string of the molecule is O=c1c2ccc(O[N+](=O)[O-])cc2c(=O)c2sc3c(=O)c4ccc([N+](=O)[O-])cc4c(=O)c3sc12. The second kappa shape index (κ2) is 7.08. The van der Waals surface area contributed by atoms with E-state index in [0.29, 0.717) is 22.7 Å². The predicted octanol–water partition coefficient (Wildman–Crippen LogP) is 2.78. The van der Waals surface area contributed by atoms with Crippen LogP contribution in [-0.2, 0) is 0 Å². The Bertz CT molecular complexity index is 1950. The molecule has 0 saturated heterocycles. The van der Waals surface area contributed by atoms with Gasteiger partial charge in [-0.1, -0.05) is 0 Å². The molecule has 0 fully saturated rings. The van der Waals surface area contributed by atoms with E-state index in [2.05, 4.69) is 4.84 Å². The lowest BCUT2D eigenvalue weighted by Gasteiger charge is -2.05. The first-order chi connectivity index (χ1) is 15.7. The second-order valence-corrected chi connectivity index (χ2v) is 8.89. The Morgan fingerprint density at radius 1 is 0.636 bits per heavy atom. The van der Waals surface area contributed by atoms with Gasteiger partial charge in [-0.05, 0) is 24.3 Å². The van der Waals surface area contributed by atoms with E-state index in [1.54, 1.807) is 0 Å². The van der Waals surface area contributed by atoms with Crippen molar-refractivity contribution >= 4 is 68.7 Å². The van der Waals surface area contributed by atoms with Crippen LogP contribution in [0.1, 0.15) is 0 Å². The zero-order chi connectivity index (χ0) is 23.6. The third-order valence-corrected chi connectivity index (χ3v) is 7.64. The third kappa shape index (κ3) is 3.01. The molecule has 1 heterocycles. The Hall–Kier alpha value is -4.36. The highest BCUT2D eigenvalue weighted by Crippen LogP contribution is 2.30. The van der Waals surface area contributed by atoms with E-state index in [9.17, 15) is 39.4 Å². The quantitative estimate of drug-likeness (QED) is 0.214. The van der Waals surface area contributed by atoms with Gasteiger partial charge in [0.15, 0.2) is 0 Å². The number of benzene rings is 4. The van der Waals surface area contributed by atoms with E-state index >= 15 is 0 Å². The van der Waals surface area contributed by atoms with Gasteiger partial charge in [-0.25, -0.2) is 0 Å². The van der Waals surface area contributed by atoms with Crippen molar-refractivity contribution < 1.29 is 14.8 Å². The minimum Gasteiger partial charge on any atom is -0.288 e. The van der Waals surface area contributed by atoms with Crippen LogP contribution in [0.3, 0.4) is 0 Å². The molecule has 0 aliphatic carbocycles. The van der Waals surface area contributed by atoms with Crippen LogP contribution in [0.2, 0.25) is 0 Å². The maximum Gasteiger partial charge on any atom is 0.299 e. The van der Waals surface area contributed by atoms with Crippen LogP contribution in [-0.4, -0.2) is 10.0 Å². The van der Waals surface area contributed by atoms with Crippen LogP contribution in [0.4, 0.5) is 5.69 Å². The first-order valence-electron chi connectivity index (χ1n) is 8.95. The zero-order valence-electron chi connectivity index (χ0n) is 15.8. The topological polar surface area (TPSA) is 164 Å². The summed E-state index contributed by atoms with van der Waals surface area (Å²) in [5.74, 6) is -0.253. The summed E-state index contributed by atoms with van der Waals surface area (Å²) in [6.07, 6.45) is 0. The minimum absolute atomic E-state index is 0.0304. The number of nitro benzene ring substituents is 1. The molecule has 0 spiro atoms. The first-order valence-corrected chi connectivity index (χ1v) is 10.6. The third-order valence-electron chi connectivity index (χ3n) is 5.01. The van der Waals surface area contributed by atoms with Crippen molar-refractivity contribution in [3.63, 3.8) is 0 Å². The fourth-order valence-electron chi connectivity index (χ4n) is 3.56. The molecule has 0 unspecified atom stereocenters. The van der Waals surface area contributed by atoms with Crippen LogP contribution in [0.15, 0.2) is 55.6 Å². The largest absolute Gasteiger partial charge is 0.299 e. The molecule has 5 aromatic rings. The van der Waals surface area contributed by atoms with Crippen LogP contribution in [0.25, 0.3) is 40.3 Å². The van der Waals surface area contributed by atoms with Crippen molar-refractivity contribution in [2.75, 3.05) is 0 Å². The van der Waals surface area contributed by atoms with E-state index in [0.717, 1.165) is 24.3 Å². The average molecular weight is 482 g/mol. The summed E-state index contributed by atoms with van der Waals surface area (Å²) in [7, 11) is 0. The smallest absolute Gasteiger partial charge is 0.288 e. The minimum atomic E-state index is -1.06. The standard InChI is InChI=1S/C20H6N2O9S2/c23-13-9-3-1-7(21(27)28)5-11(9)15(25)19-17(13)33-20-16(26)12-6-8(31-22(29)30)2-4-10(12)14(24)18(20)32-19/h1-6H. The summed E-state index contributed by atoms with van der Waals surface area (Å²) in [5.41, 5.74) is -2.87. The summed E-state index contributed by atoms with van der Waals surface area (Å²) in [4.78, 5) is 77.6. The first kappa shape index (κ1) is 20.5. The molecular formula is C20H6N2O9S2. The van der Waals surface area contributed by atoms with E-state index in [4.69, 9.17) is 0 Å². The molecule has 0 atom stereocenters. The highest BCUT2D eigenvalue weighted by molar-refractivity contribution is 7.36. The maximum absolute atomic E-state index is 13.1. The predicted molar refractivity (Wildman–Crippen MR) is 123 cm³/mol. The Labute approximate surface area is 186 Å². The van der Waals surface area contributed by atoms with Gasteiger partial charge in [-0.2, -0.15) is 0 Å². The van der Waals surface area contributed by atoms with Gasteiger partial charge in [0, 0.05) is 33.7 Å². The molecule has 0 aliphatic rings. The van der Waals surface area contributed by atoms with E-state index < -0.39 is 31.7 Å². The molecule has 1 aromatic heterocycles. The number of hydrogen-bond donors (Lipinski definition) is 0. The molecule has 11 nitrogen and oxygen atoms in total. The molecule has 0 saturated carbocycles. The maximum atomic E-state index is 13.1. The highest BCUT2D eigenvalue weighted by Gasteiger charge is 2.20. The molecule has 0 amide bonds. The lowest BCUT2D eigenvalue weighted by atomic mass is 10.1. The monoisotopic (exact) mass is 482 g/mol. The Morgan fingerprint density at radius 2 is 1.09 bits per heavy atom. The molecule has 0 aliphatic heterocycles. The van der Waals surface area contributed by atoms with Crippen molar-refractivity contribution in [2.24, 2.45) is 0 Å². The summed E-state index contributed by atoms with van der Waals surface area (Å²) in [6.45, 7) is 0. The molecule has 13 heteroatoms. The molecule has 0 N–H and O–H groups in total. The van der Waals surface area contributed by atoms with Gasteiger partial charge >= 0.3 is 0 Å². The van der Waals surface area contributed by atoms with E-state index in [-0.39, 0.29) is 51.8 Å². The van der Waals surface area contributed by atoms with Gasteiger partial charge in [0.25, 0.3) is 10.8 Å². The number of non-ortho nitro benzene ring substituents is 1. The van der Waals surface area contributed by atoms with Crippen LogP contribution >= 0.6 is 22.7 Å². The van der Waals surface area contributed by atoms with Gasteiger partial charge in [-0.15, -0.1) is 32.8 Å². The molecule has 0 radical (unpaired) electrons. The fraction of sp³-hybridized carbons (Fsp3) is 0. The normalized spacial score (nSPS) is 11.4.